The summed E-state index contributed by atoms with van der Waals surface area (Å²) in [6.45, 7) is 5.76. The molecule has 2 N–H and O–H groups in total. The fourth-order valence-corrected chi connectivity index (χ4v) is 5.90. The first kappa shape index (κ1) is 39.7. The van der Waals surface area contributed by atoms with E-state index in [1.165, 1.54) is 127 Å². The number of phenolic OH excluding ortho intramolecular Hbond substituents is 1. The molecule has 1 heterocycles. The summed E-state index contributed by atoms with van der Waals surface area (Å²) in [5, 5.41) is 25.0. The lowest BCUT2D eigenvalue weighted by Crippen LogP contribution is -1.99. The number of allylic oxidation sites excluding steroid dienone is 1. The van der Waals surface area contributed by atoms with Gasteiger partial charge in [0.25, 0.3) is 0 Å². The first-order chi connectivity index (χ1) is 24.0. The third kappa shape index (κ3) is 16.0. The third-order valence-corrected chi connectivity index (χ3v) is 8.95. The van der Waals surface area contributed by atoms with Crippen molar-refractivity contribution in [3.8, 4) is 28.6 Å². The zero-order valence-electron chi connectivity index (χ0n) is 30.2. The molecule has 0 aliphatic carbocycles. The second-order valence-corrected chi connectivity index (χ2v) is 13.2. The van der Waals surface area contributed by atoms with E-state index in [1.54, 1.807) is 6.07 Å². The first-order valence-electron chi connectivity index (χ1n) is 19.1. The molecule has 7 nitrogen and oxygen atoms in total. The molecule has 0 saturated carbocycles. The molecule has 0 spiro atoms. The fraction of sp³-hybridized carbons (Fsp3) is 0.571. The Bertz CT molecular complexity index is 1350. The number of unbranched alkanes of at least 4 members (excludes halogenated alkanes) is 18. The molecule has 0 unspecified atom stereocenters. The third-order valence-electron chi connectivity index (χ3n) is 8.95. The molecule has 3 aromatic rings. The predicted molar refractivity (Wildman–Crippen MR) is 200 cm³/mol. The molecule has 0 saturated heterocycles. The van der Waals surface area contributed by atoms with Crippen LogP contribution in [0.2, 0.25) is 0 Å². The molecule has 49 heavy (non-hydrogen) atoms. The van der Waals surface area contributed by atoms with Gasteiger partial charge in [-0.3, -0.25) is 4.79 Å². The molecule has 0 amide bonds. The van der Waals surface area contributed by atoms with Gasteiger partial charge in [-0.05, 0) is 49.2 Å². The number of aliphatic hydroxyl groups is 1. The second kappa shape index (κ2) is 24.4. The Hall–Kier alpha value is -3.74. The Balaban J connectivity index is 1.35. The molecule has 0 fully saturated rings. The number of aromatic hydroxyl groups is 1. The Labute approximate surface area is 295 Å². The number of hydrogen-bond donors (Lipinski definition) is 2. The molecular weight excluding hydrogens is 614 g/mol. The van der Waals surface area contributed by atoms with E-state index in [0.717, 1.165) is 36.7 Å². The van der Waals surface area contributed by atoms with Crippen molar-refractivity contribution < 1.29 is 29.0 Å². The molecule has 0 aliphatic rings. The summed E-state index contributed by atoms with van der Waals surface area (Å²) < 4.78 is 17.1. The van der Waals surface area contributed by atoms with Crippen molar-refractivity contribution in [3.05, 3.63) is 65.9 Å². The van der Waals surface area contributed by atoms with E-state index in [4.69, 9.17) is 14.0 Å². The zero-order valence-corrected chi connectivity index (χ0v) is 30.2. The van der Waals surface area contributed by atoms with Gasteiger partial charge in [0.1, 0.15) is 23.0 Å². The van der Waals surface area contributed by atoms with Crippen molar-refractivity contribution in [3.63, 3.8) is 0 Å². The number of phenols is 1. The summed E-state index contributed by atoms with van der Waals surface area (Å²) >= 11 is 0. The van der Waals surface area contributed by atoms with Crippen LogP contribution in [0.15, 0.2) is 59.1 Å². The van der Waals surface area contributed by atoms with Crippen LogP contribution in [-0.2, 0) is 0 Å². The van der Waals surface area contributed by atoms with E-state index in [0.29, 0.717) is 24.7 Å². The number of aromatic nitrogens is 1. The van der Waals surface area contributed by atoms with E-state index in [9.17, 15) is 15.0 Å². The average molecular weight is 676 g/mol. The SMILES string of the molecule is CCCCCCCCCCCCOc1ccc(-c2cc(C(=O)/C=C(\O)c3ccc(OCCCCCCCCCCCC)cc3O)no2)cc1. The normalized spacial score (nSPS) is 11.6. The van der Waals surface area contributed by atoms with Crippen LogP contribution >= 0.6 is 0 Å². The topological polar surface area (TPSA) is 102 Å². The fourth-order valence-electron chi connectivity index (χ4n) is 5.90. The Morgan fingerprint density at radius 3 is 1.63 bits per heavy atom. The number of ketones is 1. The van der Waals surface area contributed by atoms with Gasteiger partial charge in [0, 0.05) is 23.8 Å². The van der Waals surface area contributed by atoms with Gasteiger partial charge in [-0.2, -0.15) is 0 Å². The number of nitrogens with zero attached hydrogens (tertiary/aromatic N) is 1. The van der Waals surface area contributed by atoms with Crippen molar-refractivity contribution in [2.24, 2.45) is 0 Å². The van der Waals surface area contributed by atoms with Gasteiger partial charge >= 0.3 is 0 Å². The van der Waals surface area contributed by atoms with Crippen LogP contribution < -0.4 is 9.47 Å². The Kier molecular flexibility index (Phi) is 19.8. The maximum Gasteiger partial charge on any atom is 0.211 e. The molecule has 0 aliphatic heterocycles. The highest BCUT2D eigenvalue weighted by Crippen LogP contribution is 2.29. The number of hydrogen-bond acceptors (Lipinski definition) is 7. The highest BCUT2D eigenvalue weighted by molar-refractivity contribution is 6.07. The Morgan fingerprint density at radius 1 is 0.653 bits per heavy atom. The average Bonchev–Trinajstić information content (AvgIpc) is 3.61. The van der Waals surface area contributed by atoms with E-state index >= 15 is 0 Å². The van der Waals surface area contributed by atoms with Gasteiger partial charge in [-0.15, -0.1) is 0 Å². The van der Waals surface area contributed by atoms with Gasteiger partial charge in [0.2, 0.25) is 5.78 Å². The van der Waals surface area contributed by atoms with Gasteiger partial charge in [0.05, 0.1) is 18.8 Å². The number of ether oxygens (including phenoxy) is 2. The van der Waals surface area contributed by atoms with E-state index in [-0.39, 0.29) is 22.8 Å². The minimum Gasteiger partial charge on any atom is -0.507 e. The van der Waals surface area contributed by atoms with Crippen molar-refractivity contribution >= 4 is 11.5 Å². The van der Waals surface area contributed by atoms with E-state index in [2.05, 4.69) is 19.0 Å². The van der Waals surface area contributed by atoms with Crippen LogP contribution in [0.1, 0.15) is 158 Å². The predicted octanol–water partition coefficient (Wildman–Crippen LogP) is 12.4. The molecule has 270 valence electrons. The van der Waals surface area contributed by atoms with Crippen molar-refractivity contribution in [1.82, 2.24) is 5.16 Å². The van der Waals surface area contributed by atoms with Gasteiger partial charge in [-0.1, -0.05) is 135 Å². The highest BCUT2D eigenvalue weighted by atomic mass is 16.5. The lowest BCUT2D eigenvalue weighted by atomic mass is 10.1. The van der Waals surface area contributed by atoms with Crippen molar-refractivity contribution in [2.75, 3.05) is 13.2 Å². The second-order valence-electron chi connectivity index (χ2n) is 13.2. The largest absolute Gasteiger partial charge is 0.507 e. The number of aliphatic hydroxyl groups excluding tert-OH is 1. The first-order valence-corrected chi connectivity index (χ1v) is 19.1. The minimum atomic E-state index is -0.537. The van der Waals surface area contributed by atoms with Gasteiger partial charge in [0.15, 0.2) is 11.5 Å². The quantitative estimate of drug-likeness (QED) is 0.0342. The van der Waals surface area contributed by atoms with E-state index < -0.39 is 5.78 Å². The van der Waals surface area contributed by atoms with Crippen LogP contribution in [0.5, 0.6) is 17.2 Å². The smallest absolute Gasteiger partial charge is 0.211 e. The molecule has 7 heteroatoms. The highest BCUT2D eigenvalue weighted by Gasteiger charge is 2.15. The lowest BCUT2D eigenvalue weighted by molar-refractivity contribution is 0.103. The monoisotopic (exact) mass is 675 g/mol. The van der Waals surface area contributed by atoms with Crippen molar-refractivity contribution in [1.29, 1.82) is 0 Å². The number of benzene rings is 2. The summed E-state index contributed by atoms with van der Waals surface area (Å²) in [5.41, 5.74) is 0.951. The van der Waals surface area contributed by atoms with Crippen molar-refractivity contribution in [2.45, 2.75) is 142 Å². The molecule has 0 bridgehead atoms. The van der Waals surface area contributed by atoms with Gasteiger partial charge < -0.3 is 24.2 Å². The molecule has 1 aromatic heterocycles. The summed E-state index contributed by atoms with van der Waals surface area (Å²) in [7, 11) is 0. The van der Waals surface area contributed by atoms with Crippen LogP contribution in [0, 0.1) is 0 Å². The summed E-state index contributed by atoms with van der Waals surface area (Å²) in [6.07, 6.45) is 26.5. The summed E-state index contributed by atoms with van der Waals surface area (Å²) in [6, 6.07) is 13.7. The number of carbonyl (C=O) groups is 1. The maximum absolute atomic E-state index is 12.8. The van der Waals surface area contributed by atoms with Crippen LogP contribution in [0.3, 0.4) is 0 Å². The number of rotatable bonds is 28. The standard InChI is InChI=1S/C42H61NO6/c1-3-5-7-9-11-13-15-17-19-21-29-47-35-25-23-34(24-26-35)42-32-38(43-49-42)41(46)33-40(45)37-28-27-36(31-39(37)44)48-30-22-20-18-16-14-12-10-8-6-4-2/h23-28,31-33,44-45H,3-22,29-30H2,1-2H3/b40-33-. The van der Waals surface area contributed by atoms with Crippen LogP contribution in [0.4, 0.5) is 0 Å². The van der Waals surface area contributed by atoms with Crippen LogP contribution in [0.25, 0.3) is 17.1 Å². The maximum atomic E-state index is 12.8. The summed E-state index contributed by atoms with van der Waals surface area (Å²) in [4.78, 5) is 12.8. The molecule has 0 atom stereocenters. The molecular formula is C42H61NO6. The Morgan fingerprint density at radius 2 is 1.12 bits per heavy atom. The lowest BCUT2D eigenvalue weighted by Gasteiger charge is -2.09. The van der Waals surface area contributed by atoms with E-state index in [1.807, 2.05) is 24.3 Å². The van der Waals surface area contributed by atoms with Crippen LogP contribution in [-0.4, -0.2) is 34.4 Å². The zero-order chi connectivity index (χ0) is 34.9. The molecule has 2 aromatic carbocycles. The minimum absolute atomic E-state index is 0.0544. The molecule has 0 radical (unpaired) electrons. The summed E-state index contributed by atoms with van der Waals surface area (Å²) in [5.74, 6) is 0.676. The van der Waals surface area contributed by atoms with Gasteiger partial charge in [-0.25, -0.2) is 0 Å². The number of carbonyl (C=O) groups excluding carboxylic acids is 1. The molecule has 3 rings (SSSR count).